The third-order valence-corrected chi connectivity index (χ3v) is 3.05. The standard InChI is InChI=1S/C11H8BrClN2O2/c12-10-8(5-9(16)17)14-11(15-10)6-2-1-3-7(13)4-6/h1-4H,5H2,(H,14,15)(H,16,17). The molecule has 2 aromatic rings. The van der Waals surface area contributed by atoms with E-state index in [1.807, 2.05) is 12.1 Å². The van der Waals surface area contributed by atoms with Gasteiger partial charge in [-0.2, -0.15) is 0 Å². The van der Waals surface area contributed by atoms with Crippen molar-refractivity contribution in [1.82, 2.24) is 9.97 Å². The lowest BCUT2D eigenvalue weighted by atomic mass is 10.2. The predicted molar refractivity (Wildman–Crippen MR) is 68.1 cm³/mol. The summed E-state index contributed by atoms with van der Waals surface area (Å²) in [5, 5.41) is 9.33. The molecule has 0 spiro atoms. The van der Waals surface area contributed by atoms with Crippen molar-refractivity contribution >= 4 is 33.5 Å². The molecular formula is C11H8BrClN2O2. The van der Waals surface area contributed by atoms with Crippen LogP contribution in [0.25, 0.3) is 11.4 Å². The van der Waals surface area contributed by atoms with E-state index in [4.69, 9.17) is 16.7 Å². The summed E-state index contributed by atoms with van der Waals surface area (Å²) in [5.41, 5.74) is 1.35. The molecule has 0 saturated heterocycles. The number of aromatic amines is 1. The van der Waals surface area contributed by atoms with Crippen molar-refractivity contribution in [3.63, 3.8) is 0 Å². The molecule has 1 aromatic carbocycles. The van der Waals surface area contributed by atoms with Crippen LogP contribution in [0.15, 0.2) is 28.9 Å². The molecule has 0 fully saturated rings. The smallest absolute Gasteiger partial charge is 0.309 e. The lowest BCUT2D eigenvalue weighted by molar-refractivity contribution is -0.136. The molecular weight excluding hydrogens is 307 g/mol. The average Bonchev–Trinajstić information content (AvgIpc) is 2.59. The van der Waals surface area contributed by atoms with Gasteiger partial charge in [0.15, 0.2) is 0 Å². The summed E-state index contributed by atoms with van der Waals surface area (Å²) < 4.78 is 0.509. The minimum atomic E-state index is -0.910. The van der Waals surface area contributed by atoms with Crippen molar-refractivity contribution < 1.29 is 9.90 Å². The van der Waals surface area contributed by atoms with Gasteiger partial charge in [0.05, 0.1) is 12.1 Å². The van der Waals surface area contributed by atoms with Gasteiger partial charge in [-0.05, 0) is 28.1 Å². The maximum absolute atomic E-state index is 10.6. The number of nitrogens with zero attached hydrogens (tertiary/aromatic N) is 1. The number of aliphatic carboxylic acids is 1. The molecule has 1 heterocycles. The highest BCUT2D eigenvalue weighted by Crippen LogP contribution is 2.24. The molecule has 0 amide bonds. The van der Waals surface area contributed by atoms with E-state index >= 15 is 0 Å². The molecule has 0 atom stereocenters. The molecule has 2 N–H and O–H groups in total. The van der Waals surface area contributed by atoms with Crippen LogP contribution in [-0.2, 0) is 11.2 Å². The first kappa shape index (κ1) is 12.1. The Hall–Kier alpha value is -1.33. The molecule has 0 unspecified atom stereocenters. The number of carboxylic acid groups (broad SMARTS) is 1. The third-order valence-electron chi connectivity index (χ3n) is 2.15. The molecule has 0 aliphatic carbocycles. The number of rotatable bonds is 3. The molecule has 0 bridgehead atoms. The Balaban J connectivity index is 2.37. The zero-order chi connectivity index (χ0) is 12.4. The molecule has 4 nitrogen and oxygen atoms in total. The molecule has 88 valence electrons. The fourth-order valence-corrected chi connectivity index (χ4v) is 2.04. The normalized spacial score (nSPS) is 10.5. The van der Waals surface area contributed by atoms with Crippen molar-refractivity contribution in [1.29, 1.82) is 0 Å². The Morgan fingerprint density at radius 1 is 1.53 bits per heavy atom. The Morgan fingerprint density at radius 2 is 2.29 bits per heavy atom. The first-order chi connectivity index (χ1) is 8.06. The van der Waals surface area contributed by atoms with Crippen molar-refractivity contribution in [2.24, 2.45) is 0 Å². The fourth-order valence-electron chi connectivity index (χ4n) is 1.43. The van der Waals surface area contributed by atoms with E-state index in [1.54, 1.807) is 12.1 Å². The van der Waals surface area contributed by atoms with Crippen LogP contribution in [0.4, 0.5) is 0 Å². The summed E-state index contributed by atoms with van der Waals surface area (Å²) in [6.07, 6.45) is -0.103. The number of H-pyrrole nitrogens is 1. The summed E-state index contributed by atoms with van der Waals surface area (Å²) in [6.45, 7) is 0. The summed E-state index contributed by atoms with van der Waals surface area (Å²) in [7, 11) is 0. The Morgan fingerprint density at radius 3 is 2.94 bits per heavy atom. The van der Waals surface area contributed by atoms with Gasteiger partial charge < -0.3 is 10.1 Å². The lowest BCUT2D eigenvalue weighted by Crippen LogP contribution is -2.00. The minimum absolute atomic E-state index is 0.103. The number of aromatic nitrogens is 2. The number of nitrogens with one attached hydrogen (secondary N) is 1. The van der Waals surface area contributed by atoms with E-state index in [0.29, 0.717) is 21.1 Å². The van der Waals surface area contributed by atoms with Crippen molar-refractivity contribution in [2.45, 2.75) is 6.42 Å². The molecule has 6 heteroatoms. The van der Waals surface area contributed by atoms with Crippen LogP contribution in [0.5, 0.6) is 0 Å². The fraction of sp³-hybridized carbons (Fsp3) is 0.0909. The number of hydrogen-bond donors (Lipinski definition) is 2. The maximum atomic E-state index is 10.6. The van der Waals surface area contributed by atoms with Crippen LogP contribution in [0, 0.1) is 0 Å². The first-order valence-corrected chi connectivity index (χ1v) is 5.95. The van der Waals surface area contributed by atoms with Crippen molar-refractivity contribution in [2.75, 3.05) is 0 Å². The van der Waals surface area contributed by atoms with Gasteiger partial charge in [-0.1, -0.05) is 23.7 Å². The number of hydrogen-bond acceptors (Lipinski definition) is 2. The lowest BCUT2D eigenvalue weighted by Gasteiger charge is -1.96. The van der Waals surface area contributed by atoms with E-state index in [1.165, 1.54) is 0 Å². The second kappa shape index (κ2) is 4.89. The van der Waals surface area contributed by atoms with Gasteiger partial charge in [-0.3, -0.25) is 4.79 Å². The third kappa shape index (κ3) is 2.87. The second-order valence-corrected chi connectivity index (χ2v) is 4.62. The van der Waals surface area contributed by atoms with E-state index < -0.39 is 5.97 Å². The highest BCUT2D eigenvalue weighted by atomic mass is 79.9. The van der Waals surface area contributed by atoms with Crippen LogP contribution in [0.1, 0.15) is 5.69 Å². The molecule has 0 saturated carbocycles. The maximum Gasteiger partial charge on any atom is 0.309 e. The molecule has 2 rings (SSSR count). The molecule has 0 aliphatic heterocycles. The van der Waals surface area contributed by atoms with E-state index in [0.717, 1.165) is 5.56 Å². The number of carbonyl (C=O) groups is 1. The van der Waals surface area contributed by atoms with Gasteiger partial charge in [-0.15, -0.1) is 0 Å². The van der Waals surface area contributed by atoms with Gasteiger partial charge in [0.1, 0.15) is 10.4 Å². The van der Waals surface area contributed by atoms with Gasteiger partial charge in [0, 0.05) is 10.6 Å². The summed E-state index contributed by atoms with van der Waals surface area (Å²) in [5.74, 6) is -0.317. The predicted octanol–water partition coefficient (Wildman–Crippen LogP) is 3.12. The molecule has 0 radical (unpaired) electrons. The topological polar surface area (TPSA) is 66.0 Å². The monoisotopic (exact) mass is 314 g/mol. The largest absolute Gasteiger partial charge is 0.481 e. The highest BCUT2D eigenvalue weighted by Gasteiger charge is 2.12. The van der Waals surface area contributed by atoms with Crippen molar-refractivity contribution in [3.05, 3.63) is 39.6 Å². The summed E-state index contributed by atoms with van der Waals surface area (Å²) >= 11 is 9.10. The molecule has 17 heavy (non-hydrogen) atoms. The average molecular weight is 316 g/mol. The van der Waals surface area contributed by atoms with E-state index in [-0.39, 0.29) is 6.42 Å². The Bertz CT molecular complexity index is 568. The van der Waals surface area contributed by atoms with Crippen LogP contribution in [0.3, 0.4) is 0 Å². The molecule has 1 aromatic heterocycles. The minimum Gasteiger partial charge on any atom is -0.481 e. The zero-order valence-electron chi connectivity index (χ0n) is 8.58. The second-order valence-electron chi connectivity index (χ2n) is 3.44. The number of benzene rings is 1. The van der Waals surface area contributed by atoms with Crippen LogP contribution < -0.4 is 0 Å². The van der Waals surface area contributed by atoms with Gasteiger partial charge in [0.25, 0.3) is 0 Å². The highest BCUT2D eigenvalue weighted by molar-refractivity contribution is 9.10. The van der Waals surface area contributed by atoms with Crippen LogP contribution >= 0.6 is 27.5 Å². The zero-order valence-corrected chi connectivity index (χ0v) is 10.9. The van der Waals surface area contributed by atoms with E-state index in [2.05, 4.69) is 25.9 Å². The van der Waals surface area contributed by atoms with Gasteiger partial charge in [0.2, 0.25) is 0 Å². The van der Waals surface area contributed by atoms with Crippen LogP contribution in [-0.4, -0.2) is 21.0 Å². The SMILES string of the molecule is O=C(O)Cc1[nH]c(-c2cccc(Cl)c2)nc1Br. The Labute approximate surface area is 111 Å². The molecule has 0 aliphatic rings. The summed E-state index contributed by atoms with van der Waals surface area (Å²) in [4.78, 5) is 17.8. The number of halogens is 2. The van der Waals surface area contributed by atoms with Crippen molar-refractivity contribution in [3.8, 4) is 11.4 Å². The van der Waals surface area contributed by atoms with Gasteiger partial charge in [-0.25, -0.2) is 4.98 Å². The van der Waals surface area contributed by atoms with Crippen LogP contribution in [0.2, 0.25) is 5.02 Å². The first-order valence-electron chi connectivity index (χ1n) is 4.78. The van der Waals surface area contributed by atoms with Gasteiger partial charge >= 0.3 is 5.97 Å². The summed E-state index contributed by atoms with van der Waals surface area (Å²) in [6, 6.07) is 7.19. The number of imidazole rings is 1. The Kier molecular flexibility index (Phi) is 3.49. The number of carboxylic acids is 1. The quantitative estimate of drug-likeness (QED) is 0.914. The van der Waals surface area contributed by atoms with E-state index in [9.17, 15) is 4.79 Å².